The summed E-state index contributed by atoms with van der Waals surface area (Å²) in [6, 6.07) is 12.6. The molecule has 0 fully saturated rings. The number of carbonyl (C=O) groups is 1. The fraction of sp³-hybridized carbons (Fsp3) is 0.125. The molecule has 0 aliphatic heterocycles. The van der Waals surface area contributed by atoms with E-state index in [-0.39, 0.29) is 5.56 Å². The molecule has 0 radical (unpaired) electrons. The van der Waals surface area contributed by atoms with Crippen LogP contribution in [0.2, 0.25) is 0 Å². The highest BCUT2D eigenvalue weighted by Crippen LogP contribution is 2.15. The summed E-state index contributed by atoms with van der Waals surface area (Å²) in [7, 11) is 3.61. The van der Waals surface area contributed by atoms with Crippen molar-refractivity contribution in [3.05, 3.63) is 65.5 Å². The Morgan fingerprint density at radius 1 is 1.19 bits per heavy atom. The molecule has 0 spiro atoms. The lowest BCUT2D eigenvalue weighted by atomic mass is 10.2. The van der Waals surface area contributed by atoms with Crippen molar-refractivity contribution in [2.75, 3.05) is 14.1 Å². The Hall–Kier alpha value is -2.69. The van der Waals surface area contributed by atoms with Crippen molar-refractivity contribution in [3.8, 4) is 5.75 Å². The van der Waals surface area contributed by atoms with Crippen molar-refractivity contribution >= 4 is 12.2 Å². The van der Waals surface area contributed by atoms with Crippen LogP contribution >= 0.6 is 0 Å². The van der Waals surface area contributed by atoms with Gasteiger partial charge >= 0.3 is 5.97 Å². The zero-order valence-corrected chi connectivity index (χ0v) is 11.8. The molecule has 0 aromatic heterocycles. The third-order valence-corrected chi connectivity index (χ3v) is 2.60. The number of hydrogen-bond donors (Lipinski definition) is 0. The molecule has 0 aliphatic rings. The second-order valence-electron chi connectivity index (χ2n) is 4.53. The number of nitrogens with zero attached hydrogens (tertiary/aromatic N) is 2. The summed E-state index contributed by atoms with van der Waals surface area (Å²) >= 11 is 0. The Bertz CT molecular complexity index is 669. The second kappa shape index (κ2) is 6.65. The zero-order valence-electron chi connectivity index (χ0n) is 11.8. The standard InChI is InChI=1S/C16H15FN2O2/c1-19(2)18-11-12-6-5-7-13(10-12)21-16(20)14-8-3-4-9-15(14)17/h3-11H,1-2H3. The van der Waals surface area contributed by atoms with Gasteiger partial charge in [-0.05, 0) is 29.8 Å². The SMILES string of the molecule is CN(C)N=Cc1cccc(OC(=O)c2ccccc2F)c1. The summed E-state index contributed by atoms with van der Waals surface area (Å²) in [5, 5.41) is 5.75. The Labute approximate surface area is 122 Å². The second-order valence-corrected chi connectivity index (χ2v) is 4.53. The molecule has 2 rings (SSSR count). The molecule has 0 N–H and O–H groups in total. The minimum atomic E-state index is -0.727. The van der Waals surface area contributed by atoms with E-state index >= 15 is 0 Å². The summed E-state index contributed by atoms with van der Waals surface area (Å²) in [6.45, 7) is 0. The normalized spacial score (nSPS) is 10.6. The Kier molecular flexibility index (Phi) is 4.66. The number of benzene rings is 2. The van der Waals surface area contributed by atoms with Crippen LogP contribution in [-0.4, -0.2) is 31.3 Å². The summed E-state index contributed by atoms with van der Waals surface area (Å²) in [5.74, 6) is -0.992. The highest BCUT2D eigenvalue weighted by molar-refractivity contribution is 5.91. The van der Waals surface area contributed by atoms with E-state index in [2.05, 4.69) is 5.10 Å². The van der Waals surface area contributed by atoms with Crippen LogP contribution in [0.3, 0.4) is 0 Å². The molecule has 108 valence electrons. The predicted octanol–water partition coefficient (Wildman–Crippen LogP) is 2.94. The Morgan fingerprint density at radius 2 is 1.95 bits per heavy atom. The molecule has 2 aromatic carbocycles. The smallest absolute Gasteiger partial charge is 0.346 e. The average molecular weight is 286 g/mol. The van der Waals surface area contributed by atoms with E-state index in [1.54, 1.807) is 49.6 Å². The van der Waals surface area contributed by atoms with E-state index in [1.807, 2.05) is 6.07 Å². The molecular formula is C16H15FN2O2. The van der Waals surface area contributed by atoms with Crippen LogP contribution < -0.4 is 4.74 Å². The largest absolute Gasteiger partial charge is 0.423 e. The van der Waals surface area contributed by atoms with Crippen molar-refractivity contribution in [3.63, 3.8) is 0 Å². The van der Waals surface area contributed by atoms with Crippen LogP contribution in [-0.2, 0) is 0 Å². The number of halogens is 1. The van der Waals surface area contributed by atoms with E-state index in [9.17, 15) is 9.18 Å². The fourth-order valence-corrected chi connectivity index (χ4v) is 1.63. The van der Waals surface area contributed by atoms with Gasteiger partial charge in [0.2, 0.25) is 0 Å². The van der Waals surface area contributed by atoms with E-state index < -0.39 is 11.8 Å². The molecule has 0 heterocycles. The molecule has 0 bridgehead atoms. The van der Waals surface area contributed by atoms with Gasteiger partial charge in [0.15, 0.2) is 0 Å². The highest BCUT2D eigenvalue weighted by Gasteiger charge is 2.13. The maximum absolute atomic E-state index is 13.5. The minimum absolute atomic E-state index is 0.0927. The fourth-order valence-electron chi connectivity index (χ4n) is 1.63. The molecule has 0 saturated carbocycles. The molecule has 0 aliphatic carbocycles. The van der Waals surface area contributed by atoms with Crippen LogP contribution in [0.15, 0.2) is 53.6 Å². The number of hydrogen-bond acceptors (Lipinski definition) is 4. The van der Waals surface area contributed by atoms with E-state index in [1.165, 1.54) is 18.2 Å². The number of ether oxygens (including phenoxy) is 1. The maximum Gasteiger partial charge on any atom is 0.346 e. The van der Waals surface area contributed by atoms with Gasteiger partial charge in [0.1, 0.15) is 11.6 Å². The first kappa shape index (κ1) is 14.7. The van der Waals surface area contributed by atoms with Crippen molar-refractivity contribution in [2.45, 2.75) is 0 Å². The number of carbonyl (C=O) groups excluding carboxylic acids is 1. The lowest BCUT2D eigenvalue weighted by Gasteiger charge is -2.06. The number of esters is 1. The minimum Gasteiger partial charge on any atom is -0.423 e. The van der Waals surface area contributed by atoms with Gasteiger partial charge in [-0.1, -0.05) is 24.3 Å². The number of rotatable bonds is 4. The van der Waals surface area contributed by atoms with Crippen LogP contribution in [0.1, 0.15) is 15.9 Å². The summed E-state index contributed by atoms with van der Waals surface area (Å²) in [4.78, 5) is 11.9. The topological polar surface area (TPSA) is 41.9 Å². The lowest BCUT2D eigenvalue weighted by Crippen LogP contribution is -2.10. The third kappa shape index (κ3) is 4.14. The van der Waals surface area contributed by atoms with Crippen LogP contribution in [0.4, 0.5) is 4.39 Å². The van der Waals surface area contributed by atoms with Gasteiger partial charge in [-0.15, -0.1) is 0 Å². The first-order valence-electron chi connectivity index (χ1n) is 6.34. The van der Waals surface area contributed by atoms with E-state index in [0.717, 1.165) is 5.56 Å². The monoisotopic (exact) mass is 286 g/mol. The van der Waals surface area contributed by atoms with Gasteiger partial charge in [0.05, 0.1) is 11.8 Å². The van der Waals surface area contributed by atoms with Crippen LogP contribution in [0.5, 0.6) is 5.75 Å². The third-order valence-electron chi connectivity index (χ3n) is 2.60. The quantitative estimate of drug-likeness (QED) is 0.375. The van der Waals surface area contributed by atoms with Crippen molar-refractivity contribution in [2.24, 2.45) is 5.10 Å². The summed E-state index contributed by atoms with van der Waals surface area (Å²) in [5.41, 5.74) is 0.687. The molecule has 0 amide bonds. The van der Waals surface area contributed by atoms with Gasteiger partial charge in [-0.25, -0.2) is 9.18 Å². The summed E-state index contributed by atoms with van der Waals surface area (Å²) in [6.07, 6.45) is 1.64. The first-order chi connectivity index (χ1) is 10.1. The van der Waals surface area contributed by atoms with E-state index in [0.29, 0.717) is 5.75 Å². The predicted molar refractivity (Wildman–Crippen MR) is 79.1 cm³/mol. The van der Waals surface area contributed by atoms with Crippen molar-refractivity contribution in [1.29, 1.82) is 0 Å². The van der Waals surface area contributed by atoms with Crippen LogP contribution in [0, 0.1) is 5.82 Å². The molecule has 0 atom stereocenters. The molecule has 0 saturated heterocycles. The zero-order chi connectivity index (χ0) is 15.2. The summed E-state index contributed by atoms with van der Waals surface area (Å²) < 4.78 is 18.7. The molecule has 5 heteroatoms. The van der Waals surface area contributed by atoms with Gasteiger partial charge in [0, 0.05) is 14.1 Å². The molecular weight excluding hydrogens is 271 g/mol. The van der Waals surface area contributed by atoms with E-state index in [4.69, 9.17) is 4.74 Å². The van der Waals surface area contributed by atoms with Crippen LogP contribution in [0.25, 0.3) is 0 Å². The Balaban J connectivity index is 2.15. The maximum atomic E-state index is 13.5. The van der Waals surface area contributed by atoms with Gasteiger partial charge in [-0.2, -0.15) is 5.10 Å². The van der Waals surface area contributed by atoms with Gasteiger partial charge in [-0.3, -0.25) is 0 Å². The average Bonchev–Trinajstić information content (AvgIpc) is 2.46. The molecule has 21 heavy (non-hydrogen) atoms. The van der Waals surface area contributed by atoms with Gasteiger partial charge in [0.25, 0.3) is 0 Å². The van der Waals surface area contributed by atoms with Crippen molar-refractivity contribution in [1.82, 2.24) is 5.01 Å². The van der Waals surface area contributed by atoms with Gasteiger partial charge < -0.3 is 9.75 Å². The first-order valence-corrected chi connectivity index (χ1v) is 6.34. The Morgan fingerprint density at radius 3 is 2.67 bits per heavy atom. The van der Waals surface area contributed by atoms with Crippen molar-refractivity contribution < 1.29 is 13.9 Å². The molecule has 2 aromatic rings. The molecule has 4 nitrogen and oxygen atoms in total. The highest BCUT2D eigenvalue weighted by atomic mass is 19.1. The number of hydrazone groups is 1. The lowest BCUT2D eigenvalue weighted by molar-refractivity contribution is 0.0730. The molecule has 0 unspecified atom stereocenters.